The predicted molar refractivity (Wildman–Crippen MR) is 65.2 cm³/mol. The standard InChI is InChI=1S/C11H15NO4S/c1-8-4-3-5-9(6-8)11(12-14)10(7-13)17(2,15)16/h3-6,10,13-14H,7H2,1-2H3/b12-11-/t10-/m1/s1. The Balaban J connectivity index is 3.25. The van der Waals surface area contributed by atoms with Crippen LogP contribution >= 0.6 is 0 Å². The molecule has 0 radical (unpaired) electrons. The van der Waals surface area contributed by atoms with Crippen LogP contribution in [-0.2, 0) is 9.84 Å². The van der Waals surface area contributed by atoms with Gasteiger partial charge in [-0.3, -0.25) is 0 Å². The van der Waals surface area contributed by atoms with Crippen LogP contribution in [-0.4, -0.2) is 42.6 Å². The summed E-state index contributed by atoms with van der Waals surface area (Å²) in [6.07, 6.45) is 0.995. The Hall–Kier alpha value is -1.40. The Morgan fingerprint density at radius 2 is 2.12 bits per heavy atom. The minimum absolute atomic E-state index is 0.0429. The zero-order valence-electron chi connectivity index (χ0n) is 9.66. The Labute approximate surface area is 100 Å². The van der Waals surface area contributed by atoms with Crippen LogP contribution in [0.15, 0.2) is 29.4 Å². The number of sulfone groups is 1. The van der Waals surface area contributed by atoms with Crippen LogP contribution in [0.3, 0.4) is 0 Å². The minimum atomic E-state index is -3.53. The van der Waals surface area contributed by atoms with Gasteiger partial charge in [0.25, 0.3) is 0 Å². The largest absolute Gasteiger partial charge is 0.411 e. The number of aliphatic hydroxyl groups is 1. The molecule has 0 aliphatic heterocycles. The number of aliphatic hydroxyl groups excluding tert-OH is 1. The van der Waals surface area contributed by atoms with Crippen LogP contribution in [0.2, 0.25) is 0 Å². The average Bonchev–Trinajstić information content (AvgIpc) is 2.23. The van der Waals surface area contributed by atoms with Crippen molar-refractivity contribution in [3.8, 4) is 0 Å². The number of nitrogens with zero attached hydrogens (tertiary/aromatic N) is 1. The fraction of sp³-hybridized carbons (Fsp3) is 0.364. The second-order valence-electron chi connectivity index (χ2n) is 3.86. The van der Waals surface area contributed by atoms with E-state index in [-0.39, 0.29) is 5.71 Å². The van der Waals surface area contributed by atoms with E-state index in [0.29, 0.717) is 5.56 Å². The van der Waals surface area contributed by atoms with E-state index in [4.69, 9.17) is 10.3 Å². The zero-order chi connectivity index (χ0) is 13.1. The smallest absolute Gasteiger partial charge is 0.158 e. The third-order valence-corrected chi connectivity index (χ3v) is 3.82. The van der Waals surface area contributed by atoms with E-state index in [1.165, 1.54) is 0 Å². The van der Waals surface area contributed by atoms with Crippen LogP contribution in [0.1, 0.15) is 11.1 Å². The number of hydrogen-bond donors (Lipinski definition) is 2. The Kier molecular flexibility index (Phi) is 4.25. The molecule has 0 unspecified atom stereocenters. The molecule has 0 aromatic heterocycles. The second kappa shape index (κ2) is 5.29. The zero-order valence-corrected chi connectivity index (χ0v) is 10.5. The summed E-state index contributed by atoms with van der Waals surface area (Å²) in [5, 5.41) is 19.9. The van der Waals surface area contributed by atoms with Gasteiger partial charge in [-0.05, 0) is 6.92 Å². The van der Waals surface area contributed by atoms with Crippen molar-refractivity contribution in [1.29, 1.82) is 0 Å². The SMILES string of the molecule is Cc1cccc(/C(=N/O)[C@@H](CO)S(C)(=O)=O)c1. The lowest BCUT2D eigenvalue weighted by molar-refractivity contribution is 0.296. The first kappa shape index (κ1) is 13.7. The first-order chi connectivity index (χ1) is 7.90. The Bertz CT molecular complexity index is 522. The van der Waals surface area contributed by atoms with E-state index >= 15 is 0 Å². The van der Waals surface area contributed by atoms with Crippen molar-refractivity contribution in [2.45, 2.75) is 12.2 Å². The van der Waals surface area contributed by atoms with Gasteiger partial charge in [0.05, 0.1) is 6.61 Å². The maximum absolute atomic E-state index is 11.5. The molecule has 0 spiro atoms. The minimum Gasteiger partial charge on any atom is -0.411 e. The van der Waals surface area contributed by atoms with Crippen molar-refractivity contribution in [1.82, 2.24) is 0 Å². The third kappa shape index (κ3) is 3.28. The molecule has 94 valence electrons. The molecule has 0 fully saturated rings. The van der Waals surface area contributed by atoms with Crippen LogP contribution in [0, 0.1) is 6.92 Å². The fourth-order valence-corrected chi connectivity index (χ4v) is 2.40. The van der Waals surface area contributed by atoms with Gasteiger partial charge >= 0.3 is 0 Å². The molecule has 0 aliphatic carbocycles. The molecule has 2 N–H and O–H groups in total. The predicted octanol–water partition coefficient (Wildman–Crippen LogP) is 0.579. The van der Waals surface area contributed by atoms with Gasteiger partial charge in [-0.15, -0.1) is 0 Å². The molecule has 0 saturated heterocycles. The van der Waals surface area contributed by atoms with E-state index in [0.717, 1.165) is 11.8 Å². The fourth-order valence-electron chi connectivity index (χ4n) is 1.54. The second-order valence-corrected chi connectivity index (χ2v) is 6.08. The molecule has 6 heteroatoms. The molecule has 0 aliphatic rings. The molecule has 1 aromatic rings. The van der Waals surface area contributed by atoms with Crippen molar-refractivity contribution in [3.05, 3.63) is 35.4 Å². The first-order valence-electron chi connectivity index (χ1n) is 4.99. The molecular formula is C11H15NO4S. The molecule has 1 rings (SSSR count). The van der Waals surface area contributed by atoms with Gasteiger partial charge in [0.15, 0.2) is 9.84 Å². The van der Waals surface area contributed by atoms with E-state index in [1.807, 2.05) is 13.0 Å². The highest BCUT2D eigenvalue weighted by molar-refractivity contribution is 7.92. The molecule has 1 aromatic carbocycles. The van der Waals surface area contributed by atoms with Crippen molar-refractivity contribution in [3.63, 3.8) is 0 Å². The number of benzene rings is 1. The van der Waals surface area contributed by atoms with Gasteiger partial charge in [0.1, 0.15) is 11.0 Å². The normalized spacial score (nSPS) is 14.6. The Morgan fingerprint density at radius 3 is 2.53 bits per heavy atom. The quantitative estimate of drug-likeness (QED) is 0.469. The summed E-state index contributed by atoms with van der Waals surface area (Å²) in [6.45, 7) is 1.22. The highest BCUT2D eigenvalue weighted by Gasteiger charge is 2.27. The number of oxime groups is 1. The maximum Gasteiger partial charge on any atom is 0.158 e. The van der Waals surface area contributed by atoms with Crippen molar-refractivity contribution in [2.24, 2.45) is 5.16 Å². The molecule has 0 heterocycles. The van der Waals surface area contributed by atoms with Crippen LogP contribution in [0.5, 0.6) is 0 Å². The summed E-state index contributed by atoms with van der Waals surface area (Å²) in [7, 11) is -3.53. The summed E-state index contributed by atoms with van der Waals surface area (Å²) in [5.41, 5.74) is 1.35. The van der Waals surface area contributed by atoms with E-state index in [1.54, 1.807) is 18.2 Å². The molecule has 0 saturated carbocycles. The summed E-state index contributed by atoms with van der Waals surface area (Å²) in [5.74, 6) is 0. The van der Waals surface area contributed by atoms with Gasteiger partial charge in [-0.25, -0.2) is 8.42 Å². The monoisotopic (exact) mass is 257 g/mol. The molecule has 17 heavy (non-hydrogen) atoms. The maximum atomic E-state index is 11.5. The Morgan fingerprint density at radius 1 is 1.47 bits per heavy atom. The van der Waals surface area contributed by atoms with Crippen LogP contribution < -0.4 is 0 Å². The molecule has 5 nitrogen and oxygen atoms in total. The number of aryl methyl sites for hydroxylation is 1. The van der Waals surface area contributed by atoms with Gasteiger partial charge in [0, 0.05) is 11.8 Å². The van der Waals surface area contributed by atoms with Crippen molar-refractivity contribution >= 4 is 15.5 Å². The summed E-state index contributed by atoms with van der Waals surface area (Å²) in [6, 6.07) is 6.90. The van der Waals surface area contributed by atoms with Gasteiger partial charge in [-0.1, -0.05) is 35.0 Å². The molecule has 1 atom stereocenters. The highest BCUT2D eigenvalue weighted by atomic mass is 32.2. The lowest BCUT2D eigenvalue weighted by Gasteiger charge is -2.14. The summed E-state index contributed by atoms with van der Waals surface area (Å²) >= 11 is 0. The molecular weight excluding hydrogens is 242 g/mol. The topological polar surface area (TPSA) is 87.0 Å². The average molecular weight is 257 g/mol. The molecule has 0 amide bonds. The number of rotatable bonds is 4. The lowest BCUT2D eigenvalue weighted by Crippen LogP contribution is -2.33. The molecule has 0 bridgehead atoms. The summed E-state index contributed by atoms with van der Waals surface area (Å²) in [4.78, 5) is 0. The van der Waals surface area contributed by atoms with Crippen molar-refractivity contribution < 1.29 is 18.7 Å². The van der Waals surface area contributed by atoms with E-state index < -0.39 is 21.7 Å². The van der Waals surface area contributed by atoms with Gasteiger partial charge in [-0.2, -0.15) is 0 Å². The summed E-state index contributed by atoms with van der Waals surface area (Å²) < 4.78 is 22.9. The third-order valence-electron chi connectivity index (χ3n) is 2.41. The van der Waals surface area contributed by atoms with E-state index in [2.05, 4.69) is 5.16 Å². The highest BCUT2D eigenvalue weighted by Crippen LogP contribution is 2.12. The number of hydrogen-bond acceptors (Lipinski definition) is 5. The van der Waals surface area contributed by atoms with E-state index in [9.17, 15) is 8.42 Å². The lowest BCUT2D eigenvalue weighted by atomic mass is 10.1. The van der Waals surface area contributed by atoms with Crippen LogP contribution in [0.4, 0.5) is 0 Å². The van der Waals surface area contributed by atoms with Gasteiger partial charge in [0.2, 0.25) is 0 Å². The first-order valence-corrected chi connectivity index (χ1v) is 6.94. The van der Waals surface area contributed by atoms with Gasteiger partial charge < -0.3 is 10.3 Å². The van der Waals surface area contributed by atoms with Crippen molar-refractivity contribution in [2.75, 3.05) is 12.9 Å². The van der Waals surface area contributed by atoms with Crippen LogP contribution in [0.25, 0.3) is 0 Å².